The normalized spacial score (nSPS) is 12.4. The molecule has 2 aromatic heterocycles. The number of carbonyl (C=O) groups is 1. The molecule has 0 aliphatic heterocycles. The fraction of sp³-hybridized carbons (Fsp3) is 0.357. The lowest BCUT2D eigenvalue weighted by Gasteiger charge is -2.15. The topological polar surface area (TPSA) is 75.1 Å². The van der Waals surface area contributed by atoms with Crippen molar-refractivity contribution in [3.63, 3.8) is 0 Å². The quantitative estimate of drug-likeness (QED) is 0.884. The molecule has 106 valence electrons. The highest BCUT2D eigenvalue weighted by atomic mass is 32.1. The third-order valence-corrected chi connectivity index (χ3v) is 3.69. The van der Waals surface area contributed by atoms with Crippen LogP contribution in [0.5, 0.6) is 0 Å². The summed E-state index contributed by atoms with van der Waals surface area (Å²) in [4.78, 5) is 20.9. The Labute approximate surface area is 121 Å². The standard InChI is InChI=1S/C14H17N3O2S/c1-8(2)13-15-9(3)7-11(17-13)16-12(14(18)19)10-5-4-6-20-10/h4-8,12H,1-3H3,(H,18,19)(H,15,16,17). The van der Waals surface area contributed by atoms with Gasteiger partial charge in [-0.15, -0.1) is 11.3 Å². The van der Waals surface area contributed by atoms with Crippen LogP contribution >= 0.6 is 11.3 Å². The van der Waals surface area contributed by atoms with Crippen LogP contribution in [0.2, 0.25) is 0 Å². The first-order valence-corrected chi connectivity index (χ1v) is 7.23. The van der Waals surface area contributed by atoms with E-state index in [1.807, 2.05) is 32.2 Å². The SMILES string of the molecule is Cc1cc(NC(C(=O)O)c2cccs2)nc(C(C)C)n1. The Morgan fingerprint density at radius 2 is 2.15 bits per heavy atom. The van der Waals surface area contributed by atoms with Crippen LogP contribution in [-0.4, -0.2) is 21.0 Å². The van der Waals surface area contributed by atoms with E-state index in [-0.39, 0.29) is 5.92 Å². The molecule has 0 spiro atoms. The average molecular weight is 291 g/mol. The van der Waals surface area contributed by atoms with E-state index in [1.54, 1.807) is 12.1 Å². The molecule has 2 N–H and O–H groups in total. The second-order valence-corrected chi connectivity index (χ2v) is 5.82. The Kier molecular flexibility index (Phi) is 4.34. The van der Waals surface area contributed by atoms with Crippen LogP contribution < -0.4 is 5.32 Å². The summed E-state index contributed by atoms with van der Waals surface area (Å²) < 4.78 is 0. The Bertz CT molecular complexity index is 596. The summed E-state index contributed by atoms with van der Waals surface area (Å²) in [6.07, 6.45) is 0. The number of anilines is 1. The van der Waals surface area contributed by atoms with Gasteiger partial charge in [-0.1, -0.05) is 19.9 Å². The molecule has 0 aliphatic rings. The number of nitrogens with zero attached hydrogens (tertiary/aromatic N) is 2. The molecule has 1 atom stereocenters. The number of hydrogen-bond donors (Lipinski definition) is 2. The summed E-state index contributed by atoms with van der Waals surface area (Å²) in [6, 6.07) is 4.61. The molecule has 0 saturated heterocycles. The first kappa shape index (κ1) is 14.5. The van der Waals surface area contributed by atoms with E-state index < -0.39 is 12.0 Å². The van der Waals surface area contributed by atoms with E-state index in [9.17, 15) is 9.90 Å². The smallest absolute Gasteiger partial charge is 0.331 e. The number of aliphatic carboxylic acids is 1. The number of carboxylic acids is 1. The molecule has 0 aromatic carbocycles. The van der Waals surface area contributed by atoms with Gasteiger partial charge in [-0.05, 0) is 18.4 Å². The van der Waals surface area contributed by atoms with Gasteiger partial charge in [-0.2, -0.15) is 0 Å². The fourth-order valence-corrected chi connectivity index (χ4v) is 2.55. The summed E-state index contributed by atoms with van der Waals surface area (Å²) in [7, 11) is 0. The number of thiophene rings is 1. The van der Waals surface area contributed by atoms with Crippen molar-refractivity contribution in [2.45, 2.75) is 32.7 Å². The van der Waals surface area contributed by atoms with Gasteiger partial charge in [0.25, 0.3) is 0 Å². The molecular weight excluding hydrogens is 274 g/mol. The van der Waals surface area contributed by atoms with Crippen molar-refractivity contribution in [2.75, 3.05) is 5.32 Å². The van der Waals surface area contributed by atoms with Crippen LogP contribution in [0.1, 0.15) is 42.2 Å². The van der Waals surface area contributed by atoms with Crippen molar-refractivity contribution in [3.05, 3.63) is 40.0 Å². The Balaban J connectivity index is 2.29. The maximum Gasteiger partial charge on any atom is 0.331 e. The second kappa shape index (κ2) is 6.00. The molecule has 5 nitrogen and oxygen atoms in total. The van der Waals surface area contributed by atoms with Crippen molar-refractivity contribution >= 4 is 23.1 Å². The van der Waals surface area contributed by atoms with Crippen LogP contribution in [0.3, 0.4) is 0 Å². The van der Waals surface area contributed by atoms with Gasteiger partial charge in [-0.25, -0.2) is 14.8 Å². The largest absolute Gasteiger partial charge is 0.479 e. The predicted molar refractivity (Wildman–Crippen MR) is 79.2 cm³/mol. The molecule has 20 heavy (non-hydrogen) atoms. The first-order chi connectivity index (χ1) is 9.47. The number of aromatic nitrogens is 2. The van der Waals surface area contributed by atoms with Crippen LogP contribution in [0, 0.1) is 6.92 Å². The van der Waals surface area contributed by atoms with Crippen molar-refractivity contribution in [3.8, 4) is 0 Å². The summed E-state index contributed by atoms with van der Waals surface area (Å²) in [6.45, 7) is 5.89. The zero-order chi connectivity index (χ0) is 14.7. The van der Waals surface area contributed by atoms with Crippen LogP contribution in [0.25, 0.3) is 0 Å². The molecule has 0 fully saturated rings. The zero-order valence-electron chi connectivity index (χ0n) is 11.6. The Hall–Kier alpha value is -1.95. The highest BCUT2D eigenvalue weighted by Crippen LogP contribution is 2.24. The van der Waals surface area contributed by atoms with Gasteiger partial charge < -0.3 is 10.4 Å². The highest BCUT2D eigenvalue weighted by Gasteiger charge is 2.21. The van der Waals surface area contributed by atoms with Crippen molar-refractivity contribution in [2.24, 2.45) is 0 Å². The van der Waals surface area contributed by atoms with Gasteiger partial charge in [0.05, 0.1) is 0 Å². The number of rotatable bonds is 5. The second-order valence-electron chi connectivity index (χ2n) is 4.84. The molecule has 1 unspecified atom stereocenters. The predicted octanol–water partition coefficient (Wildman–Crippen LogP) is 3.21. The molecule has 6 heteroatoms. The first-order valence-electron chi connectivity index (χ1n) is 6.35. The van der Waals surface area contributed by atoms with Crippen molar-refractivity contribution < 1.29 is 9.90 Å². The van der Waals surface area contributed by atoms with Crippen LogP contribution in [0.4, 0.5) is 5.82 Å². The Morgan fingerprint density at radius 1 is 1.40 bits per heavy atom. The van der Waals surface area contributed by atoms with Gasteiger partial charge in [0, 0.05) is 22.6 Å². The molecule has 2 rings (SSSR count). The van der Waals surface area contributed by atoms with E-state index in [0.29, 0.717) is 11.6 Å². The molecule has 0 amide bonds. The zero-order valence-corrected chi connectivity index (χ0v) is 12.4. The Morgan fingerprint density at radius 3 is 2.70 bits per heavy atom. The third-order valence-electron chi connectivity index (χ3n) is 2.75. The molecule has 0 radical (unpaired) electrons. The van der Waals surface area contributed by atoms with Gasteiger partial charge in [-0.3, -0.25) is 0 Å². The number of nitrogens with one attached hydrogen (secondary N) is 1. The monoisotopic (exact) mass is 291 g/mol. The lowest BCUT2D eigenvalue weighted by atomic mass is 10.2. The van der Waals surface area contributed by atoms with Crippen LogP contribution in [0.15, 0.2) is 23.6 Å². The molecule has 0 saturated carbocycles. The molecule has 2 aromatic rings. The van der Waals surface area contributed by atoms with E-state index in [4.69, 9.17) is 0 Å². The highest BCUT2D eigenvalue weighted by molar-refractivity contribution is 7.10. The maximum atomic E-state index is 11.4. The van der Waals surface area contributed by atoms with Gasteiger partial charge in [0.15, 0.2) is 6.04 Å². The third kappa shape index (κ3) is 3.33. The van der Waals surface area contributed by atoms with Gasteiger partial charge in [0.2, 0.25) is 0 Å². The lowest BCUT2D eigenvalue weighted by Crippen LogP contribution is -2.20. The molecular formula is C14H17N3O2S. The van der Waals surface area contributed by atoms with E-state index >= 15 is 0 Å². The average Bonchev–Trinajstić information content (AvgIpc) is 2.88. The summed E-state index contributed by atoms with van der Waals surface area (Å²) in [5.74, 6) is 0.528. The van der Waals surface area contributed by atoms with E-state index in [2.05, 4.69) is 15.3 Å². The summed E-state index contributed by atoms with van der Waals surface area (Å²) >= 11 is 1.41. The van der Waals surface area contributed by atoms with E-state index in [0.717, 1.165) is 10.6 Å². The minimum Gasteiger partial charge on any atom is -0.479 e. The minimum atomic E-state index is -0.921. The molecule has 2 heterocycles. The van der Waals surface area contributed by atoms with E-state index in [1.165, 1.54) is 11.3 Å². The summed E-state index contributed by atoms with van der Waals surface area (Å²) in [5, 5.41) is 14.2. The fourth-order valence-electron chi connectivity index (χ4n) is 1.78. The van der Waals surface area contributed by atoms with Crippen molar-refractivity contribution in [1.29, 1.82) is 0 Å². The number of carboxylic acid groups (broad SMARTS) is 1. The van der Waals surface area contributed by atoms with Gasteiger partial charge >= 0.3 is 5.97 Å². The minimum absolute atomic E-state index is 0.195. The lowest BCUT2D eigenvalue weighted by molar-refractivity contribution is -0.138. The van der Waals surface area contributed by atoms with Gasteiger partial charge in [0.1, 0.15) is 11.6 Å². The van der Waals surface area contributed by atoms with Crippen LogP contribution in [-0.2, 0) is 4.79 Å². The molecule has 0 bridgehead atoms. The number of hydrogen-bond acceptors (Lipinski definition) is 5. The summed E-state index contributed by atoms with van der Waals surface area (Å²) in [5.41, 5.74) is 0.821. The maximum absolute atomic E-state index is 11.4. The molecule has 0 aliphatic carbocycles. The number of aryl methyl sites for hydroxylation is 1. The van der Waals surface area contributed by atoms with Crippen molar-refractivity contribution in [1.82, 2.24) is 9.97 Å².